The summed E-state index contributed by atoms with van der Waals surface area (Å²) >= 11 is 5.95. The van der Waals surface area contributed by atoms with E-state index in [1.54, 1.807) is 19.9 Å². The van der Waals surface area contributed by atoms with Crippen LogP contribution in [0.4, 0.5) is 0 Å². The van der Waals surface area contributed by atoms with E-state index < -0.39 is 12.8 Å². The van der Waals surface area contributed by atoms with Crippen molar-refractivity contribution in [3.63, 3.8) is 0 Å². The molecule has 0 bridgehead atoms. The van der Waals surface area contributed by atoms with E-state index in [4.69, 9.17) is 20.6 Å². The van der Waals surface area contributed by atoms with Gasteiger partial charge >= 0.3 is 7.60 Å². The summed E-state index contributed by atoms with van der Waals surface area (Å²) in [5.74, 6) is 0. The third-order valence-electron chi connectivity index (χ3n) is 3.40. The highest BCUT2D eigenvalue weighted by Gasteiger charge is 2.50. The number of aromatic nitrogens is 2. The lowest BCUT2D eigenvalue weighted by molar-refractivity contribution is 0.190. The SMILES string of the molecule is CCOP(=O)(OCC)C(CC)(CC)c1cc(Cl)ncn1. The molecule has 0 fully saturated rings. The van der Waals surface area contributed by atoms with Crippen molar-refractivity contribution < 1.29 is 13.6 Å². The molecule has 0 saturated heterocycles. The van der Waals surface area contributed by atoms with Crippen molar-refractivity contribution in [2.45, 2.75) is 45.7 Å². The Hall–Kier alpha value is -0.480. The zero-order valence-corrected chi connectivity index (χ0v) is 14.1. The molecule has 1 heterocycles. The van der Waals surface area contributed by atoms with E-state index in [1.165, 1.54) is 6.33 Å². The fourth-order valence-corrected chi connectivity index (χ4v) is 4.93. The molecule has 7 heteroatoms. The minimum Gasteiger partial charge on any atom is -0.308 e. The van der Waals surface area contributed by atoms with Crippen LogP contribution in [0.1, 0.15) is 46.2 Å². The van der Waals surface area contributed by atoms with Crippen molar-refractivity contribution >= 4 is 19.2 Å². The first kappa shape index (κ1) is 17.6. The smallest absolute Gasteiger partial charge is 0.308 e. The largest absolute Gasteiger partial charge is 0.342 e. The van der Waals surface area contributed by atoms with E-state index in [-0.39, 0.29) is 0 Å². The van der Waals surface area contributed by atoms with Gasteiger partial charge < -0.3 is 9.05 Å². The summed E-state index contributed by atoms with van der Waals surface area (Å²) < 4.78 is 24.3. The van der Waals surface area contributed by atoms with Crippen LogP contribution >= 0.6 is 19.2 Å². The molecule has 0 saturated carbocycles. The third kappa shape index (κ3) is 3.22. The van der Waals surface area contributed by atoms with Gasteiger partial charge in [0.25, 0.3) is 0 Å². The second-order valence-corrected chi connectivity index (χ2v) is 7.05. The van der Waals surface area contributed by atoms with E-state index in [2.05, 4.69) is 9.97 Å². The molecule has 0 atom stereocenters. The summed E-state index contributed by atoms with van der Waals surface area (Å²) in [6.45, 7) is 8.13. The van der Waals surface area contributed by atoms with Crippen LogP contribution in [-0.2, 0) is 18.8 Å². The van der Waals surface area contributed by atoms with Crippen molar-refractivity contribution in [1.29, 1.82) is 0 Å². The fourth-order valence-electron chi connectivity index (χ4n) is 2.35. The zero-order valence-electron chi connectivity index (χ0n) is 12.4. The third-order valence-corrected chi connectivity index (χ3v) is 6.72. The molecular formula is C13H22ClN2O3P. The first-order valence-corrected chi connectivity index (χ1v) is 8.78. The van der Waals surface area contributed by atoms with Crippen LogP contribution in [0.25, 0.3) is 0 Å². The normalized spacial score (nSPS) is 12.7. The van der Waals surface area contributed by atoms with E-state index in [0.717, 1.165) is 0 Å². The lowest BCUT2D eigenvalue weighted by Gasteiger charge is -2.37. The van der Waals surface area contributed by atoms with Gasteiger partial charge in [0, 0.05) is 0 Å². The summed E-state index contributed by atoms with van der Waals surface area (Å²) in [4.78, 5) is 8.14. The molecule has 0 aliphatic rings. The summed E-state index contributed by atoms with van der Waals surface area (Å²) in [6, 6.07) is 1.64. The number of hydrogen-bond acceptors (Lipinski definition) is 5. The predicted molar refractivity (Wildman–Crippen MR) is 80.2 cm³/mol. The van der Waals surface area contributed by atoms with Crippen molar-refractivity contribution in [1.82, 2.24) is 9.97 Å². The Morgan fingerprint density at radius 2 is 1.70 bits per heavy atom. The highest BCUT2D eigenvalue weighted by Crippen LogP contribution is 2.67. The number of halogens is 1. The van der Waals surface area contributed by atoms with Gasteiger partial charge in [-0.3, -0.25) is 4.57 Å². The minimum absolute atomic E-state index is 0.317. The first-order chi connectivity index (χ1) is 9.49. The van der Waals surface area contributed by atoms with E-state index in [9.17, 15) is 4.57 Å². The maximum atomic E-state index is 13.3. The van der Waals surface area contributed by atoms with Gasteiger partial charge in [0.2, 0.25) is 0 Å². The summed E-state index contributed by atoms with van der Waals surface area (Å²) in [5, 5.41) is -0.480. The van der Waals surface area contributed by atoms with Crippen molar-refractivity contribution in [2.75, 3.05) is 13.2 Å². The summed E-state index contributed by atoms with van der Waals surface area (Å²) in [7, 11) is -3.35. The Morgan fingerprint density at radius 3 is 2.10 bits per heavy atom. The molecule has 0 unspecified atom stereocenters. The molecule has 20 heavy (non-hydrogen) atoms. The lowest BCUT2D eigenvalue weighted by atomic mass is 9.98. The Bertz CT molecular complexity index is 470. The van der Waals surface area contributed by atoms with Crippen molar-refractivity contribution in [3.05, 3.63) is 23.2 Å². The van der Waals surface area contributed by atoms with Gasteiger partial charge in [-0.05, 0) is 32.8 Å². The molecule has 1 rings (SSSR count). The van der Waals surface area contributed by atoms with E-state index in [0.29, 0.717) is 36.9 Å². The zero-order chi connectivity index (χ0) is 15.2. The monoisotopic (exact) mass is 320 g/mol. The fraction of sp³-hybridized carbons (Fsp3) is 0.692. The average molecular weight is 321 g/mol. The highest BCUT2D eigenvalue weighted by atomic mass is 35.5. The van der Waals surface area contributed by atoms with Crippen molar-refractivity contribution in [2.24, 2.45) is 0 Å². The van der Waals surface area contributed by atoms with Gasteiger partial charge in [0.1, 0.15) is 16.6 Å². The molecule has 0 aromatic carbocycles. The predicted octanol–water partition coefficient (Wildman–Crippen LogP) is 4.41. The Labute approximate surface area is 125 Å². The topological polar surface area (TPSA) is 61.3 Å². The number of nitrogens with zero attached hydrogens (tertiary/aromatic N) is 2. The molecule has 0 amide bonds. The van der Waals surface area contributed by atoms with Gasteiger partial charge in [-0.2, -0.15) is 0 Å². The number of rotatable bonds is 8. The van der Waals surface area contributed by atoms with Crippen LogP contribution in [0, 0.1) is 0 Å². The molecule has 5 nitrogen and oxygen atoms in total. The summed E-state index contributed by atoms with van der Waals surface area (Å²) in [5.41, 5.74) is 0.604. The number of hydrogen-bond donors (Lipinski definition) is 0. The molecule has 114 valence electrons. The van der Waals surface area contributed by atoms with Crippen LogP contribution in [0.3, 0.4) is 0 Å². The van der Waals surface area contributed by atoms with Crippen molar-refractivity contribution in [3.8, 4) is 0 Å². The highest BCUT2D eigenvalue weighted by molar-refractivity contribution is 7.55. The van der Waals surface area contributed by atoms with Crippen LogP contribution in [0.5, 0.6) is 0 Å². The molecule has 1 aromatic heterocycles. The van der Waals surface area contributed by atoms with Gasteiger partial charge in [-0.15, -0.1) is 0 Å². The minimum atomic E-state index is -3.35. The quantitative estimate of drug-likeness (QED) is 0.524. The lowest BCUT2D eigenvalue weighted by Crippen LogP contribution is -2.28. The Kier molecular flexibility index (Phi) is 6.59. The molecule has 0 N–H and O–H groups in total. The second kappa shape index (κ2) is 7.51. The maximum Gasteiger partial charge on any atom is 0.342 e. The van der Waals surface area contributed by atoms with Gasteiger partial charge in [-0.25, -0.2) is 9.97 Å². The first-order valence-electron chi connectivity index (χ1n) is 6.86. The van der Waals surface area contributed by atoms with Gasteiger partial charge in [0.15, 0.2) is 0 Å². The van der Waals surface area contributed by atoms with Crippen LogP contribution in [-0.4, -0.2) is 23.2 Å². The van der Waals surface area contributed by atoms with E-state index >= 15 is 0 Å². The van der Waals surface area contributed by atoms with Gasteiger partial charge in [0.05, 0.1) is 18.9 Å². The Balaban J connectivity index is 3.42. The van der Waals surface area contributed by atoms with Crippen LogP contribution < -0.4 is 0 Å². The summed E-state index contributed by atoms with van der Waals surface area (Å²) in [6.07, 6.45) is 2.53. The van der Waals surface area contributed by atoms with Gasteiger partial charge in [-0.1, -0.05) is 25.4 Å². The molecule has 0 aliphatic carbocycles. The molecule has 1 aromatic rings. The Morgan fingerprint density at radius 1 is 1.15 bits per heavy atom. The molecule has 0 aliphatic heterocycles. The van der Waals surface area contributed by atoms with E-state index in [1.807, 2.05) is 13.8 Å². The average Bonchev–Trinajstić information content (AvgIpc) is 2.41. The van der Waals surface area contributed by atoms with Crippen LogP contribution in [0.2, 0.25) is 5.15 Å². The molecule has 0 spiro atoms. The molecule has 0 radical (unpaired) electrons. The standard InChI is InChI=1S/C13H22ClN2O3P/c1-5-13(6-2,11-9-12(14)16-10-15-11)20(17,18-7-3)19-8-4/h9-10H,5-8H2,1-4H3. The van der Waals surface area contributed by atoms with Crippen LogP contribution in [0.15, 0.2) is 12.4 Å². The second-order valence-electron chi connectivity index (χ2n) is 4.30. The maximum absolute atomic E-state index is 13.3. The molecular weight excluding hydrogens is 299 g/mol.